The third kappa shape index (κ3) is 4.04. The van der Waals surface area contributed by atoms with E-state index in [-0.39, 0.29) is 11.1 Å². The molecule has 2 aromatic carbocycles. The number of hydrogen-bond donors (Lipinski definition) is 1. The minimum atomic E-state index is -0.213. The number of H-pyrrole nitrogens is 1. The maximum absolute atomic E-state index is 12.2. The number of aromatic nitrogens is 3. The van der Waals surface area contributed by atoms with Crippen molar-refractivity contribution < 1.29 is 0 Å². The third-order valence-corrected chi connectivity index (χ3v) is 5.13. The number of aryl methyl sites for hydroxylation is 1. The van der Waals surface area contributed by atoms with Crippen LogP contribution in [-0.4, -0.2) is 14.8 Å². The van der Waals surface area contributed by atoms with Gasteiger partial charge in [0.1, 0.15) is 0 Å². The molecular weight excluding hydrogens is 330 g/mol. The Balaban J connectivity index is 1.84. The average molecular weight is 353 g/mol. The molecule has 0 radical (unpaired) electrons. The van der Waals surface area contributed by atoms with Crippen molar-refractivity contribution in [3.63, 3.8) is 0 Å². The van der Waals surface area contributed by atoms with Gasteiger partial charge >= 0.3 is 5.69 Å². The molecule has 3 aromatic rings. The van der Waals surface area contributed by atoms with Crippen LogP contribution in [0.4, 0.5) is 0 Å². The zero-order chi connectivity index (χ0) is 18.0. The summed E-state index contributed by atoms with van der Waals surface area (Å²) < 4.78 is 1.63. The van der Waals surface area contributed by atoms with E-state index in [0.717, 1.165) is 11.4 Å². The van der Waals surface area contributed by atoms with Crippen LogP contribution < -0.4 is 5.69 Å². The van der Waals surface area contributed by atoms with E-state index in [2.05, 4.69) is 74.3 Å². The van der Waals surface area contributed by atoms with Gasteiger partial charge in [0.25, 0.3) is 0 Å². The fourth-order valence-corrected chi connectivity index (χ4v) is 3.47. The molecule has 0 saturated heterocycles. The summed E-state index contributed by atoms with van der Waals surface area (Å²) in [7, 11) is 0. The van der Waals surface area contributed by atoms with Crippen LogP contribution in [0.3, 0.4) is 0 Å². The third-order valence-electron chi connectivity index (χ3n) is 4.12. The van der Waals surface area contributed by atoms with Gasteiger partial charge in [-0.2, -0.15) is 0 Å². The number of nitrogens with one attached hydrogen (secondary N) is 1. The normalized spacial score (nSPS) is 11.7. The molecule has 4 nitrogen and oxygen atoms in total. The van der Waals surface area contributed by atoms with Crippen LogP contribution in [0.2, 0.25) is 0 Å². The summed E-state index contributed by atoms with van der Waals surface area (Å²) in [5.41, 5.74) is 4.39. The first-order chi connectivity index (χ1) is 11.8. The van der Waals surface area contributed by atoms with Gasteiger partial charge in [-0.15, -0.1) is 5.10 Å². The molecule has 1 N–H and O–H groups in total. The van der Waals surface area contributed by atoms with E-state index in [1.807, 2.05) is 12.1 Å². The average Bonchev–Trinajstić information content (AvgIpc) is 2.94. The van der Waals surface area contributed by atoms with Crippen molar-refractivity contribution in [1.29, 1.82) is 0 Å². The van der Waals surface area contributed by atoms with Gasteiger partial charge in [0.05, 0.1) is 5.69 Å². The van der Waals surface area contributed by atoms with E-state index in [1.54, 1.807) is 16.3 Å². The number of hydrogen-bond acceptors (Lipinski definition) is 3. The van der Waals surface area contributed by atoms with Gasteiger partial charge in [-0.25, -0.2) is 14.5 Å². The van der Waals surface area contributed by atoms with Gasteiger partial charge in [0.2, 0.25) is 0 Å². The Bertz CT molecular complexity index is 900. The summed E-state index contributed by atoms with van der Waals surface area (Å²) in [6.07, 6.45) is 0. The summed E-state index contributed by atoms with van der Waals surface area (Å²) in [5.74, 6) is 0.769. The highest BCUT2D eigenvalue weighted by Gasteiger charge is 2.15. The fraction of sp³-hybridized carbons (Fsp3) is 0.300. The van der Waals surface area contributed by atoms with E-state index in [1.165, 1.54) is 16.7 Å². The molecule has 1 aromatic heterocycles. The maximum Gasteiger partial charge on any atom is 0.348 e. The number of nitrogens with zero attached hydrogens (tertiary/aromatic N) is 2. The Hall–Kier alpha value is -2.27. The summed E-state index contributed by atoms with van der Waals surface area (Å²) in [6, 6.07) is 16.5. The zero-order valence-corrected chi connectivity index (χ0v) is 15.9. The molecule has 1 heterocycles. The monoisotopic (exact) mass is 353 g/mol. The van der Waals surface area contributed by atoms with E-state index < -0.39 is 0 Å². The molecule has 0 bridgehead atoms. The summed E-state index contributed by atoms with van der Waals surface area (Å²) in [6.45, 7) is 8.60. The molecule has 0 unspecified atom stereocenters. The maximum atomic E-state index is 12.2. The van der Waals surface area contributed by atoms with Crippen molar-refractivity contribution in [3.05, 3.63) is 75.7 Å². The first-order valence-corrected chi connectivity index (χ1v) is 9.30. The molecule has 0 fully saturated rings. The molecule has 0 atom stereocenters. The minimum Gasteiger partial charge on any atom is -0.246 e. The van der Waals surface area contributed by atoms with Crippen molar-refractivity contribution in [2.45, 2.75) is 44.0 Å². The Morgan fingerprint density at radius 2 is 1.68 bits per heavy atom. The van der Waals surface area contributed by atoms with E-state index in [4.69, 9.17) is 0 Å². The van der Waals surface area contributed by atoms with Gasteiger partial charge in [-0.3, -0.25) is 0 Å². The van der Waals surface area contributed by atoms with Crippen molar-refractivity contribution >= 4 is 11.8 Å². The van der Waals surface area contributed by atoms with E-state index >= 15 is 0 Å². The molecule has 0 aliphatic rings. The molecule has 25 heavy (non-hydrogen) atoms. The highest BCUT2D eigenvalue weighted by Crippen LogP contribution is 2.25. The van der Waals surface area contributed by atoms with Gasteiger partial charge in [0, 0.05) is 5.75 Å². The fourth-order valence-electron chi connectivity index (χ4n) is 2.55. The quantitative estimate of drug-likeness (QED) is 0.705. The molecule has 0 saturated carbocycles. The summed E-state index contributed by atoms with van der Waals surface area (Å²) in [4.78, 5) is 12.2. The summed E-state index contributed by atoms with van der Waals surface area (Å²) in [5, 5.41) is 7.42. The van der Waals surface area contributed by atoms with Crippen LogP contribution in [-0.2, 0) is 11.2 Å². The Labute approximate surface area is 152 Å². The van der Waals surface area contributed by atoms with Crippen LogP contribution in [0.5, 0.6) is 0 Å². The topological polar surface area (TPSA) is 50.7 Å². The molecule has 0 amide bonds. The van der Waals surface area contributed by atoms with Gasteiger partial charge in [0.15, 0.2) is 5.16 Å². The van der Waals surface area contributed by atoms with Gasteiger partial charge in [-0.1, -0.05) is 74.5 Å². The highest BCUT2D eigenvalue weighted by molar-refractivity contribution is 7.98. The lowest BCUT2D eigenvalue weighted by molar-refractivity contribution is 0.590. The first kappa shape index (κ1) is 17.5. The number of rotatable bonds is 4. The van der Waals surface area contributed by atoms with Crippen molar-refractivity contribution in [2.75, 3.05) is 0 Å². The lowest BCUT2D eigenvalue weighted by Crippen LogP contribution is -2.16. The molecular formula is C20H23N3OS. The van der Waals surface area contributed by atoms with E-state index in [0.29, 0.717) is 5.16 Å². The molecule has 130 valence electrons. The molecule has 0 aliphatic heterocycles. The largest absolute Gasteiger partial charge is 0.348 e. The number of thioether (sulfide) groups is 1. The van der Waals surface area contributed by atoms with Crippen LogP contribution in [0, 0.1) is 6.92 Å². The smallest absolute Gasteiger partial charge is 0.246 e. The van der Waals surface area contributed by atoms with Crippen molar-refractivity contribution in [2.24, 2.45) is 0 Å². The Morgan fingerprint density at radius 3 is 2.28 bits per heavy atom. The second kappa shape index (κ2) is 6.92. The molecule has 0 aliphatic carbocycles. The van der Waals surface area contributed by atoms with Gasteiger partial charge < -0.3 is 0 Å². The van der Waals surface area contributed by atoms with Crippen LogP contribution in [0.1, 0.15) is 37.5 Å². The van der Waals surface area contributed by atoms with Crippen LogP contribution in [0.25, 0.3) is 5.69 Å². The number of aromatic amines is 1. The first-order valence-electron chi connectivity index (χ1n) is 8.31. The van der Waals surface area contributed by atoms with Crippen LogP contribution >= 0.6 is 11.8 Å². The predicted molar refractivity (Wildman–Crippen MR) is 104 cm³/mol. The molecule has 3 rings (SSSR count). The Morgan fingerprint density at radius 1 is 1.04 bits per heavy atom. The summed E-state index contributed by atoms with van der Waals surface area (Å²) >= 11 is 1.55. The molecule has 0 spiro atoms. The highest BCUT2D eigenvalue weighted by atomic mass is 32.2. The zero-order valence-electron chi connectivity index (χ0n) is 15.0. The van der Waals surface area contributed by atoms with E-state index in [9.17, 15) is 4.79 Å². The Kier molecular flexibility index (Phi) is 4.86. The van der Waals surface area contributed by atoms with Crippen molar-refractivity contribution in [1.82, 2.24) is 14.8 Å². The molecule has 5 heteroatoms. The number of benzene rings is 2. The lowest BCUT2D eigenvalue weighted by atomic mass is 9.87. The SMILES string of the molecule is Cc1ccc(CSc2n[nH]c(=O)n2-c2ccc(C(C)(C)C)cc2)cc1. The minimum absolute atomic E-state index is 0.0862. The van der Waals surface area contributed by atoms with Crippen LogP contribution in [0.15, 0.2) is 58.5 Å². The second-order valence-corrected chi connectivity index (χ2v) is 8.16. The van der Waals surface area contributed by atoms with Gasteiger partial charge in [-0.05, 0) is 35.6 Å². The predicted octanol–water partition coefficient (Wildman–Crippen LogP) is 4.46. The standard InChI is InChI=1S/C20H23N3OS/c1-14-5-7-15(8-6-14)13-25-19-22-21-18(24)23(19)17-11-9-16(10-12-17)20(2,3)4/h5-12H,13H2,1-4H3,(H,21,24). The lowest BCUT2D eigenvalue weighted by Gasteiger charge is -2.19. The second-order valence-electron chi connectivity index (χ2n) is 7.22. The van der Waals surface area contributed by atoms with Crippen molar-refractivity contribution in [3.8, 4) is 5.69 Å².